The van der Waals surface area contributed by atoms with Crippen LogP contribution < -0.4 is 0 Å². The van der Waals surface area contributed by atoms with Crippen LogP contribution in [-0.2, 0) is 4.79 Å². The molecule has 0 bridgehead atoms. The molecule has 0 aromatic heterocycles. The van der Waals surface area contributed by atoms with Crippen molar-refractivity contribution in [1.29, 1.82) is 0 Å². The number of amides is 1. The van der Waals surface area contributed by atoms with Crippen LogP contribution >= 0.6 is 0 Å². The van der Waals surface area contributed by atoms with E-state index < -0.39 is 0 Å². The topological polar surface area (TPSA) is 40.5 Å². The maximum absolute atomic E-state index is 11.4. The Balaban J connectivity index is 2.48. The van der Waals surface area contributed by atoms with E-state index in [9.17, 15) is 4.79 Å². The van der Waals surface area contributed by atoms with Crippen LogP contribution in [0.1, 0.15) is 19.3 Å². The minimum absolute atomic E-state index is 0.0532. The number of aliphatic hydroxyl groups is 1. The van der Waals surface area contributed by atoms with Crippen molar-refractivity contribution in [2.24, 2.45) is 0 Å². The second-order valence-corrected chi connectivity index (χ2v) is 3.06. The summed E-state index contributed by atoms with van der Waals surface area (Å²) < 4.78 is 0. The maximum Gasteiger partial charge on any atom is 0.226 e. The highest BCUT2D eigenvalue weighted by molar-refractivity contribution is 5.78. The van der Waals surface area contributed by atoms with Gasteiger partial charge in [0.25, 0.3) is 0 Å². The van der Waals surface area contributed by atoms with Crippen LogP contribution in [0.4, 0.5) is 0 Å². The zero-order chi connectivity index (χ0) is 8.97. The van der Waals surface area contributed by atoms with Crippen LogP contribution in [0.5, 0.6) is 0 Å². The van der Waals surface area contributed by atoms with Crippen LogP contribution in [0.25, 0.3) is 0 Å². The van der Waals surface area contributed by atoms with E-state index >= 15 is 0 Å². The zero-order valence-corrected chi connectivity index (χ0v) is 7.20. The SMILES string of the molecule is C=CCC(=O)N1CCC[C@@H]1CO. The van der Waals surface area contributed by atoms with Crippen molar-refractivity contribution in [3.05, 3.63) is 12.7 Å². The molecule has 0 saturated carbocycles. The summed E-state index contributed by atoms with van der Waals surface area (Å²) in [5.74, 6) is 0.0848. The van der Waals surface area contributed by atoms with Crippen molar-refractivity contribution in [1.82, 2.24) is 4.90 Å². The van der Waals surface area contributed by atoms with Crippen molar-refractivity contribution in [3.63, 3.8) is 0 Å². The first-order valence-corrected chi connectivity index (χ1v) is 4.30. The first-order valence-electron chi connectivity index (χ1n) is 4.30. The number of carbonyl (C=O) groups is 1. The van der Waals surface area contributed by atoms with Crippen molar-refractivity contribution in [2.75, 3.05) is 13.2 Å². The fourth-order valence-electron chi connectivity index (χ4n) is 1.59. The molecule has 1 atom stereocenters. The predicted octanol–water partition coefficient (Wildman–Crippen LogP) is 0.546. The van der Waals surface area contributed by atoms with Crippen LogP contribution in [0.3, 0.4) is 0 Å². The van der Waals surface area contributed by atoms with Gasteiger partial charge in [-0.1, -0.05) is 6.08 Å². The molecule has 1 heterocycles. The van der Waals surface area contributed by atoms with Crippen LogP contribution in [0, 0.1) is 0 Å². The average molecular weight is 169 g/mol. The number of likely N-dealkylation sites (tertiary alicyclic amines) is 1. The third-order valence-corrected chi connectivity index (χ3v) is 2.23. The molecule has 68 valence electrons. The molecule has 1 aliphatic rings. The van der Waals surface area contributed by atoms with E-state index in [0.29, 0.717) is 6.42 Å². The zero-order valence-electron chi connectivity index (χ0n) is 7.20. The number of hydrogen-bond donors (Lipinski definition) is 1. The highest BCUT2D eigenvalue weighted by atomic mass is 16.3. The molecule has 3 heteroatoms. The largest absolute Gasteiger partial charge is 0.394 e. The fraction of sp³-hybridized carbons (Fsp3) is 0.667. The van der Waals surface area contributed by atoms with Crippen molar-refractivity contribution < 1.29 is 9.90 Å². The Labute approximate surface area is 72.7 Å². The molecular formula is C9H15NO2. The minimum Gasteiger partial charge on any atom is -0.394 e. The quantitative estimate of drug-likeness (QED) is 0.627. The lowest BCUT2D eigenvalue weighted by Crippen LogP contribution is -2.37. The van der Waals surface area contributed by atoms with E-state index in [0.717, 1.165) is 19.4 Å². The molecule has 1 rings (SSSR count). The first kappa shape index (κ1) is 9.26. The van der Waals surface area contributed by atoms with E-state index in [1.165, 1.54) is 0 Å². The molecular weight excluding hydrogens is 154 g/mol. The van der Waals surface area contributed by atoms with Crippen LogP contribution in [-0.4, -0.2) is 35.1 Å². The van der Waals surface area contributed by atoms with E-state index in [-0.39, 0.29) is 18.6 Å². The van der Waals surface area contributed by atoms with Gasteiger partial charge in [0, 0.05) is 13.0 Å². The lowest BCUT2D eigenvalue weighted by atomic mass is 10.2. The summed E-state index contributed by atoms with van der Waals surface area (Å²) in [6.45, 7) is 4.39. The van der Waals surface area contributed by atoms with Crippen molar-refractivity contribution >= 4 is 5.91 Å². The Morgan fingerprint density at radius 3 is 3.08 bits per heavy atom. The smallest absolute Gasteiger partial charge is 0.226 e. The molecule has 1 N–H and O–H groups in total. The van der Waals surface area contributed by atoms with Gasteiger partial charge in [-0.25, -0.2) is 0 Å². The molecule has 0 unspecified atom stereocenters. The van der Waals surface area contributed by atoms with Gasteiger partial charge in [-0.3, -0.25) is 4.79 Å². The Bertz CT molecular complexity index is 179. The number of nitrogens with zero attached hydrogens (tertiary/aromatic N) is 1. The Kier molecular flexibility index (Phi) is 3.29. The maximum atomic E-state index is 11.4. The molecule has 0 aromatic carbocycles. The first-order chi connectivity index (χ1) is 5.79. The highest BCUT2D eigenvalue weighted by Crippen LogP contribution is 2.17. The summed E-state index contributed by atoms with van der Waals surface area (Å²) in [5, 5.41) is 8.93. The van der Waals surface area contributed by atoms with Gasteiger partial charge in [0.2, 0.25) is 5.91 Å². The van der Waals surface area contributed by atoms with Gasteiger partial charge < -0.3 is 10.0 Å². The summed E-state index contributed by atoms with van der Waals surface area (Å²) in [5.41, 5.74) is 0. The van der Waals surface area contributed by atoms with E-state index in [1.54, 1.807) is 11.0 Å². The second-order valence-electron chi connectivity index (χ2n) is 3.06. The van der Waals surface area contributed by atoms with E-state index in [1.807, 2.05) is 0 Å². The second kappa shape index (κ2) is 4.26. The van der Waals surface area contributed by atoms with Gasteiger partial charge in [0.05, 0.1) is 12.6 Å². The van der Waals surface area contributed by atoms with Gasteiger partial charge in [0.1, 0.15) is 0 Å². The van der Waals surface area contributed by atoms with Crippen molar-refractivity contribution in [2.45, 2.75) is 25.3 Å². The summed E-state index contributed by atoms with van der Waals surface area (Å²) in [6, 6.07) is 0.0532. The van der Waals surface area contributed by atoms with Gasteiger partial charge in [-0.05, 0) is 12.8 Å². The fourth-order valence-corrected chi connectivity index (χ4v) is 1.59. The van der Waals surface area contributed by atoms with Crippen LogP contribution in [0.15, 0.2) is 12.7 Å². The molecule has 1 saturated heterocycles. The standard InChI is InChI=1S/C9H15NO2/c1-2-4-9(12)10-6-3-5-8(10)7-11/h2,8,11H,1,3-7H2/t8-/m1/s1. The highest BCUT2D eigenvalue weighted by Gasteiger charge is 2.26. The third kappa shape index (κ3) is 1.85. The number of hydrogen-bond acceptors (Lipinski definition) is 2. The number of aliphatic hydroxyl groups excluding tert-OH is 1. The molecule has 0 aromatic rings. The average Bonchev–Trinajstić information content (AvgIpc) is 2.51. The number of rotatable bonds is 3. The molecule has 0 radical (unpaired) electrons. The van der Waals surface area contributed by atoms with Crippen LogP contribution in [0.2, 0.25) is 0 Å². The van der Waals surface area contributed by atoms with Crippen molar-refractivity contribution in [3.8, 4) is 0 Å². The van der Waals surface area contributed by atoms with E-state index in [4.69, 9.17) is 5.11 Å². The summed E-state index contributed by atoms with van der Waals surface area (Å²) >= 11 is 0. The molecule has 3 nitrogen and oxygen atoms in total. The van der Waals surface area contributed by atoms with E-state index in [2.05, 4.69) is 6.58 Å². The minimum atomic E-state index is 0.0532. The normalized spacial score (nSPS) is 22.8. The summed E-state index contributed by atoms with van der Waals surface area (Å²) in [4.78, 5) is 13.1. The van der Waals surface area contributed by atoms with Gasteiger partial charge >= 0.3 is 0 Å². The third-order valence-electron chi connectivity index (χ3n) is 2.23. The molecule has 0 spiro atoms. The van der Waals surface area contributed by atoms with Gasteiger partial charge in [-0.2, -0.15) is 0 Å². The Morgan fingerprint density at radius 1 is 1.75 bits per heavy atom. The molecule has 1 amide bonds. The molecule has 1 fully saturated rings. The molecule has 1 aliphatic heterocycles. The lowest BCUT2D eigenvalue weighted by Gasteiger charge is -2.22. The number of carbonyl (C=O) groups excluding carboxylic acids is 1. The Hall–Kier alpha value is -0.830. The van der Waals surface area contributed by atoms with Gasteiger partial charge in [-0.15, -0.1) is 6.58 Å². The summed E-state index contributed by atoms with van der Waals surface area (Å²) in [7, 11) is 0. The molecule has 0 aliphatic carbocycles. The molecule has 12 heavy (non-hydrogen) atoms. The predicted molar refractivity (Wildman–Crippen MR) is 46.6 cm³/mol. The lowest BCUT2D eigenvalue weighted by molar-refractivity contribution is -0.131. The summed E-state index contributed by atoms with van der Waals surface area (Å²) in [6.07, 6.45) is 3.93. The monoisotopic (exact) mass is 169 g/mol. The van der Waals surface area contributed by atoms with Gasteiger partial charge in [0.15, 0.2) is 0 Å². The Morgan fingerprint density at radius 2 is 2.50 bits per heavy atom.